The Morgan fingerprint density at radius 1 is 1.42 bits per heavy atom. The highest BCUT2D eigenvalue weighted by Gasteiger charge is 2.21. The molecule has 0 atom stereocenters. The number of cyclic esters (lactones) is 1. The molecule has 1 fully saturated rings. The van der Waals surface area contributed by atoms with Crippen LogP contribution in [-0.2, 0) is 11.2 Å². The minimum absolute atomic E-state index is 0.268. The summed E-state index contributed by atoms with van der Waals surface area (Å²) in [5.74, 6) is 0.763. The monoisotopic (exact) mass is 280 g/mol. The van der Waals surface area contributed by atoms with Crippen molar-refractivity contribution in [3.63, 3.8) is 0 Å². The molecular formula is C13H16N2O3S. The van der Waals surface area contributed by atoms with Crippen molar-refractivity contribution >= 4 is 23.3 Å². The Morgan fingerprint density at radius 2 is 2.16 bits per heavy atom. The molecular weight excluding hydrogens is 264 g/mol. The van der Waals surface area contributed by atoms with Gasteiger partial charge in [-0.3, -0.25) is 0 Å². The number of carbonyl (C=O) groups excluding carboxylic acids is 1. The summed E-state index contributed by atoms with van der Waals surface area (Å²) in [6.07, 6.45) is 0.324. The fraction of sp³-hybridized carbons (Fsp3) is 0.385. The third-order valence-electron chi connectivity index (χ3n) is 2.78. The standard InChI is InChI=1S/C13H16N2O3S/c14-12(19)9-10-1-3-11(4-2-10)17-7-5-15-6-8-18-13(15)16/h1-4H,5-9H2,(H2,14,19). The molecule has 2 N–H and O–H groups in total. The van der Waals surface area contributed by atoms with Crippen LogP contribution < -0.4 is 10.5 Å². The van der Waals surface area contributed by atoms with Gasteiger partial charge in [0.1, 0.15) is 19.0 Å². The molecule has 0 unspecified atom stereocenters. The summed E-state index contributed by atoms with van der Waals surface area (Å²) in [4.78, 5) is 13.3. The quantitative estimate of drug-likeness (QED) is 0.797. The topological polar surface area (TPSA) is 64.8 Å². The van der Waals surface area contributed by atoms with E-state index in [-0.39, 0.29) is 6.09 Å². The average Bonchev–Trinajstić information content (AvgIpc) is 2.77. The Morgan fingerprint density at radius 3 is 2.74 bits per heavy atom. The highest BCUT2D eigenvalue weighted by molar-refractivity contribution is 7.80. The number of nitrogens with two attached hydrogens (primary N) is 1. The van der Waals surface area contributed by atoms with Gasteiger partial charge in [0.05, 0.1) is 18.1 Å². The van der Waals surface area contributed by atoms with Crippen LogP contribution in [0.3, 0.4) is 0 Å². The van der Waals surface area contributed by atoms with E-state index >= 15 is 0 Å². The number of rotatable bonds is 6. The van der Waals surface area contributed by atoms with Crippen molar-refractivity contribution in [2.24, 2.45) is 5.73 Å². The Labute approximate surface area is 117 Å². The van der Waals surface area contributed by atoms with Crippen LogP contribution in [0.5, 0.6) is 5.75 Å². The second kappa shape index (κ2) is 6.38. The molecule has 1 amide bonds. The van der Waals surface area contributed by atoms with Gasteiger partial charge in [-0.2, -0.15) is 0 Å². The predicted molar refractivity (Wildman–Crippen MR) is 75.3 cm³/mol. The molecule has 1 aliphatic heterocycles. The van der Waals surface area contributed by atoms with Gasteiger partial charge in [-0.05, 0) is 17.7 Å². The van der Waals surface area contributed by atoms with E-state index in [9.17, 15) is 4.79 Å². The second-order valence-corrected chi connectivity index (χ2v) is 4.76. The summed E-state index contributed by atoms with van der Waals surface area (Å²) >= 11 is 4.85. The molecule has 1 aliphatic rings. The van der Waals surface area contributed by atoms with Crippen LogP contribution in [0, 0.1) is 0 Å². The SMILES string of the molecule is NC(=S)Cc1ccc(OCCN2CCOC2=O)cc1. The molecule has 6 heteroatoms. The summed E-state index contributed by atoms with van der Waals surface area (Å²) < 4.78 is 10.4. The van der Waals surface area contributed by atoms with Gasteiger partial charge in [0.2, 0.25) is 0 Å². The minimum Gasteiger partial charge on any atom is -0.492 e. The lowest BCUT2D eigenvalue weighted by molar-refractivity contribution is 0.153. The van der Waals surface area contributed by atoms with Gasteiger partial charge in [0, 0.05) is 6.42 Å². The molecule has 1 aromatic rings. The third-order valence-corrected chi connectivity index (χ3v) is 2.92. The van der Waals surface area contributed by atoms with E-state index in [4.69, 9.17) is 27.4 Å². The van der Waals surface area contributed by atoms with Gasteiger partial charge < -0.3 is 20.1 Å². The van der Waals surface area contributed by atoms with Gasteiger partial charge in [0.15, 0.2) is 0 Å². The van der Waals surface area contributed by atoms with Crippen molar-refractivity contribution < 1.29 is 14.3 Å². The molecule has 1 heterocycles. The number of carbonyl (C=O) groups is 1. The molecule has 0 aromatic heterocycles. The van der Waals surface area contributed by atoms with Crippen LogP contribution in [0.2, 0.25) is 0 Å². The number of nitrogens with zero attached hydrogens (tertiary/aromatic N) is 1. The maximum absolute atomic E-state index is 11.2. The Balaban J connectivity index is 1.76. The highest BCUT2D eigenvalue weighted by atomic mass is 32.1. The van der Waals surface area contributed by atoms with Crippen molar-refractivity contribution in [2.45, 2.75) is 6.42 Å². The molecule has 0 spiro atoms. The zero-order valence-corrected chi connectivity index (χ0v) is 11.3. The lowest BCUT2D eigenvalue weighted by Crippen LogP contribution is -2.29. The van der Waals surface area contributed by atoms with Crippen LogP contribution in [0.1, 0.15) is 5.56 Å². The van der Waals surface area contributed by atoms with E-state index < -0.39 is 0 Å². The molecule has 0 radical (unpaired) electrons. The zero-order valence-electron chi connectivity index (χ0n) is 10.5. The van der Waals surface area contributed by atoms with Crippen LogP contribution in [0.25, 0.3) is 0 Å². The first-order valence-corrected chi connectivity index (χ1v) is 6.48. The molecule has 102 valence electrons. The number of hydrogen-bond donors (Lipinski definition) is 1. The van der Waals surface area contributed by atoms with Crippen molar-refractivity contribution in [1.29, 1.82) is 0 Å². The smallest absolute Gasteiger partial charge is 0.410 e. The Bertz CT molecular complexity index is 461. The molecule has 0 aliphatic carbocycles. The fourth-order valence-electron chi connectivity index (χ4n) is 1.81. The predicted octanol–water partition coefficient (Wildman–Crippen LogP) is 1.35. The lowest BCUT2D eigenvalue weighted by atomic mass is 10.1. The molecule has 1 aromatic carbocycles. The largest absolute Gasteiger partial charge is 0.492 e. The van der Waals surface area contributed by atoms with Gasteiger partial charge in [-0.1, -0.05) is 24.4 Å². The van der Waals surface area contributed by atoms with E-state index in [2.05, 4.69) is 0 Å². The van der Waals surface area contributed by atoms with Crippen molar-refractivity contribution in [1.82, 2.24) is 4.90 Å². The number of hydrogen-bond acceptors (Lipinski definition) is 4. The normalized spacial score (nSPS) is 14.3. The lowest BCUT2D eigenvalue weighted by Gasteiger charge is -2.13. The van der Waals surface area contributed by atoms with E-state index in [1.807, 2.05) is 24.3 Å². The van der Waals surface area contributed by atoms with Crippen LogP contribution in [0.15, 0.2) is 24.3 Å². The minimum atomic E-state index is -0.268. The van der Waals surface area contributed by atoms with Gasteiger partial charge in [0.25, 0.3) is 0 Å². The Kier molecular flexibility index (Phi) is 4.57. The zero-order chi connectivity index (χ0) is 13.7. The van der Waals surface area contributed by atoms with Crippen molar-refractivity contribution in [2.75, 3.05) is 26.3 Å². The van der Waals surface area contributed by atoms with Gasteiger partial charge in [-0.15, -0.1) is 0 Å². The van der Waals surface area contributed by atoms with Crippen LogP contribution in [0.4, 0.5) is 4.79 Å². The summed E-state index contributed by atoms with van der Waals surface area (Å²) in [6, 6.07) is 7.60. The van der Waals surface area contributed by atoms with E-state index in [1.54, 1.807) is 4.90 Å². The molecule has 0 bridgehead atoms. The highest BCUT2D eigenvalue weighted by Crippen LogP contribution is 2.13. The van der Waals surface area contributed by atoms with Crippen molar-refractivity contribution in [3.8, 4) is 5.75 Å². The maximum Gasteiger partial charge on any atom is 0.410 e. The van der Waals surface area contributed by atoms with E-state index in [1.165, 1.54) is 0 Å². The van der Waals surface area contributed by atoms with E-state index in [0.717, 1.165) is 11.3 Å². The second-order valence-electron chi connectivity index (χ2n) is 4.24. The summed E-state index contributed by atoms with van der Waals surface area (Å²) in [6.45, 7) is 2.08. The molecule has 19 heavy (non-hydrogen) atoms. The molecule has 2 rings (SSSR count). The first-order valence-electron chi connectivity index (χ1n) is 6.07. The Hall–Kier alpha value is -1.82. The van der Waals surface area contributed by atoms with Crippen LogP contribution >= 0.6 is 12.2 Å². The number of amides is 1. The maximum atomic E-state index is 11.2. The number of benzene rings is 1. The summed E-state index contributed by atoms with van der Waals surface area (Å²) in [5, 5.41) is 0. The third kappa shape index (κ3) is 4.10. The summed E-state index contributed by atoms with van der Waals surface area (Å²) in [7, 11) is 0. The molecule has 0 saturated carbocycles. The van der Waals surface area contributed by atoms with Gasteiger partial charge in [-0.25, -0.2) is 4.79 Å². The van der Waals surface area contributed by atoms with E-state index in [0.29, 0.717) is 37.7 Å². The first kappa shape index (κ1) is 13.6. The number of ether oxygens (including phenoxy) is 2. The first-order chi connectivity index (χ1) is 9.15. The summed E-state index contributed by atoms with van der Waals surface area (Å²) in [5.41, 5.74) is 6.53. The molecule has 5 nitrogen and oxygen atoms in total. The van der Waals surface area contributed by atoms with Gasteiger partial charge >= 0.3 is 6.09 Å². The average molecular weight is 280 g/mol. The fourth-order valence-corrected chi connectivity index (χ4v) is 1.97. The van der Waals surface area contributed by atoms with Crippen LogP contribution in [-0.4, -0.2) is 42.3 Å². The number of thiocarbonyl (C=S) groups is 1. The molecule has 1 saturated heterocycles. The van der Waals surface area contributed by atoms with Crippen molar-refractivity contribution in [3.05, 3.63) is 29.8 Å².